The normalized spacial score (nSPS) is 17.7. The van der Waals surface area contributed by atoms with E-state index in [4.69, 9.17) is 33.5 Å². The third-order valence-corrected chi connectivity index (χ3v) is 13.7. The Morgan fingerprint density at radius 3 is 1.95 bits per heavy atom. The van der Waals surface area contributed by atoms with Crippen LogP contribution in [0.5, 0.6) is 11.5 Å². The summed E-state index contributed by atoms with van der Waals surface area (Å²) >= 11 is 0. The first kappa shape index (κ1) is 50.1. The van der Waals surface area contributed by atoms with E-state index in [9.17, 15) is 9.59 Å². The highest BCUT2D eigenvalue weighted by molar-refractivity contribution is 8.76. The molecule has 13 nitrogen and oxygen atoms in total. The second kappa shape index (κ2) is 25.6. The van der Waals surface area contributed by atoms with Crippen LogP contribution in [0.2, 0.25) is 0 Å². The van der Waals surface area contributed by atoms with Gasteiger partial charge in [0.05, 0.1) is 33.0 Å². The van der Waals surface area contributed by atoms with Gasteiger partial charge < -0.3 is 38.8 Å². The highest BCUT2D eigenvalue weighted by atomic mass is 33.1. The molecule has 334 valence electrons. The first-order valence-corrected chi connectivity index (χ1v) is 24.3. The summed E-state index contributed by atoms with van der Waals surface area (Å²) in [6, 6.07) is 27.8. The van der Waals surface area contributed by atoms with Crippen molar-refractivity contribution >= 4 is 41.8 Å². The fourth-order valence-corrected chi connectivity index (χ4v) is 10.3. The molecule has 0 bridgehead atoms. The lowest BCUT2D eigenvalue weighted by Crippen LogP contribution is -2.36. The molecule has 16 heteroatoms. The molecule has 3 N–H and O–H groups in total. The van der Waals surface area contributed by atoms with Crippen molar-refractivity contribution in [1.82, 2.24) is 14.2 Å². The summed E-state index contributed by atoms with van der Waals surface area (Å²) in [7, 11) is 5.29. The number of benzene rings is 3. The van der Waals surface area contributed by atoms with Crippen molar-refractivity contribution in [3.8, 4) is 11.5 Å². The van der Waals surface area contributed by atoms with Gasteiger partial charge >= 0.3 is 5.69 Å². The van der Waals surface area contributed by atoms with E-state index in [2.05, 4.69) is 29.4 Å². The van der Waals surface area contributed by atoms with Gasteiger partial charge in [-0.25, -0.2) is 9.46 Å². The molecule has 0 unspecified atom stereocenters. The molecule has 2 aliphatic rings. The van der Waals surface area contributed by atoms with Crippen LogP contribution < -0.4 is 20.5 Å². The third kappa shape index (κ3) is 14.8. The lowest BCUT2D eigenvalue weighted by atomic mass is 9.80. The molecular formula is C45H63N4O9PS2. The van der Waals surface area contributed by atoms with Gasteiger partial charge in [-0.05, 0) is 100 Å². The van der Waals surface area contributed by atoms with E-state index in [-0.39, 0.29) is 36.5 Å². The quantitative estimate of drug-likeness (QED) is 0.0558. The Hall–Kier alpha value is -3.50. The molecule has 61 heavy (non-hydrogen) atoms. The molecule has 6 rings (SSSR count). The number of nitrogens with zero attached hydrogens (tertiary/aromatic N) is 3. The molecule has 1 amide bonds. The Bertz CT molecular complexity index is 1870. The van der Waals surface area contributed by atoms with Gasteiger partial charge in [0.2, 0.25) is 5.91 Å². The fourth-order valence-electron chi connectivity index (χ4n) is 7.06. The van der Waals surface area contributed by atoms with Crippen molar-refractivity contribution in [3.05, 3.63) is 118 Å². The van der Waals surface area contributed by atoms with Crippen molar-refractivity contribution in [2.24, 2.45) is 0 Å². The van der Waals surface area contributed by atoms with E-state index < -0.39 is 26.0 Å². The molecule has 1 aromatic heterocycles. The average Bonchev–Trinajstić information content (AvgIpc) is 3.73. The summed E-state index contributed by atoms with van der Waals surface area (Å²) in [5.74, 6) is 3.86. The molecule has 2 aliphatic heterocycles. The number of aromatic nitrogens is 2. The van der Waals surface area contributed by atoms with E-state index >= 15 is 0 Å². The maximum atomic E-state index is 12.7. The zero-order valence-corrected chi connectivity index (χ0v) is 39.1. The minimum atomic E-state index is -1.91. The predicted molar refractivity (Wildman–Crippen MR) is 247 cm³/mol. The number of methoxy groups -OCH3 is 2. The smallest absolute Gasteiger partial charge is 0.351 e. The van der Waals surface area contributed by atoms with Crippen molar-refractivity contribution in [3.63, 3.8) is 0 Å². The minimum Gasteiger partial charge on any atom is -0.497 e. The number of nitrogens with one attached hydrogen (secondary N) is 1. The highest BCUT2D eigenvalue weighted by Gasteiger charge is 2.40. The zero-order chi connectivity index (χ0) is 44.4. The van der Waals surface area contributed by atoms with E-state index in [0.717, 1.165) is 41.2 Å². The Morgan fingerprint density at radius 1 is 0.902 bits per heavy atom. The standard InChI is InChI=1S/C32H33N3O6.C7H14OS2.C6H16NO2P/c1-22(36)33-29-19-20-35(31(37)34-29)30-18-17-28(41-30)21-40-32(23-7-5-4-6-8-23,24-9-13-26(38-2)14-10-24)25-11-15-27(39-3)16-12-25;1-2-4-8-7-3-5-9-10-6-7;1-5(2)7(6(3)4)10(8)9/h4-16,19-20,28,30H,17-18,21H2,1-3H3,(H,33,34,36,37);7H,2-6H2,1H3;5-6,8-9H,1-4H3/t28-,30+;7-;/m00./s1. The van der Waals surface area contributed by atoms with Gasteiger partial charge in [-0.15, -0.1) is 0 Å². The van der Waals surface area contributed by atoms with Crippen LogP contribution in [0.15, 0.2) is 95.9 Å². The molecule has 3 atom stereocenters. The third-order valence-electron chi connectivity index (χ3n) is 9.87. The van der Waals surface area contributed by atoms with E-state index in [1.807, 2.05) is 116 Å². The number of carbonyl (C=O) groups is 1. The number of amides is 1. The summed E-state index contributed by atoms with van der Waals surface area (Å²) < 4.78 is 32.8. The van der Waals surface area contributed by atoms with Gasteiger partial charge in [0, 0.05) is 43.3 Å². The van der Waals surface area contributed by atoms with E-state index in [0.29, 0.717) is 18.9 Å². The zero-order valence-electron chi connectivity index (χ0n) is 36.6. The molecule has 0 saturated carbocycles. The molecule has 4 aromatic rings. The van der Waals surface area contributed by atoms with Crippen molar-refractivity contribution in [2.45, 2.75) is 103 Å². The fraction of sp³-hybridized carbons (Fsp3) is 0.489. The van der Waals surface area contributed by atoms with Gasteiger partial charge in [-0.3, -0.25) is 9.36 Å². The summed E-state index contributed by atoms with van der Waals surface area (Å²) in [6.07, 6.45) is 5.11. The van der Waals surface area contributed by atoms with Gasteiger partial charge in [-0.1, -0.05) is 83.1 Å². The Balaban J connectivity index is 0.000000336. The molecule has 0 radical (unpaired) electrons. The van der Waals surface area contributed by atoms with Gasteiger partial charge in [0.15, 0.2) is 0 Å². The van der Waals surface area contributed by atoms with Crippen LogP contribution in [0, 0.1) is 0 Å². The largest absolute Gasteiger partial charge is 0.497 e. The maximum Gasteiger partial charge on any atom is 0.351 e. The van der Waals surface area contributed by atoms with Gasteiger partial charge in [0.25, 0.3) is 8.53 Å². The van der Waals surface area contributed by atoms with Gasteiger partial charge in [0.1, 0.15) is 29.1 Å². The molecule has 0 spiro atoms. The number of anilines is 1. The topological polar surface area (TPSA) is 154 Å². The SMILES string of the molecule is CC(C)N(C(C)C)P(O)O.CCCO[C@H]1CCSSC1.COc1ccc(C(OC[C@@H]2CC[C@H](n3ccc(NC(C)=O)nc3=O)O2)(c2ccccc2)c2ccc(OC)cc2)cc1. The highest BCUT2D eigenvalue weighted by Crippen LogP contribution is 2.43. The second-order valence-corrected chi connectivity index (χ2v) is 18.6. The summed E-state index contributed by atoms with van der Waals surface area (Å²) in [6.45, 7) is 12.5. The second-order valence-electron chi connectivity index (χ2n) is 15.0. The van der Waals surface area contributed by atoms with E-state index in [1.165, 1.54) is 29.4 Å². The van der Waals surface area contributed by atoms with Crippen molar-refractivity contribution < 1.29 is 38.3 Å². The lowest BCUT2D eigenvalue weighted by molar-refractivity contribution is -0.114. The van der Waals surface area contributed by atoms with Crippen LogP contribution in [0.25, 0.3) is 0 Å². The van der Waals surface area contributed by atoms with Crippen LogP contribution >= 0.6 is 30.1 Å². The van der Waals surface area contributed by atoms with Crippen LogP contribution in [0.1, 0.15) is 90.1 Å². The summed E-state index contributed by atoms with van der Waals surface area (Å²) in [5, 5.41) is 2.53. The molecule has 2 fully saturated rings. The van der Waals surface area contributed by atoms with Crippen molar-refractivity contribution in [2.75, 3.05) is 44.3 Å². The van der Waals surface area contributed by atoms with Crippen LogP contribution in [0.3, 0.4) is 0 Å². The maximum absolute atomic E-state index is 12.7. The van der Waals surface area contributed by atoms with E-state index in [1.54, 1.807) is 31.2 Å². The van der Waals surface area contributed by atoms with Crippen molar-refractivity contribution in [1.29, 1.82) is 0 Å². The minimum absolute atomic E-state index is 0.195. The number of carbonyl (C=O) groups excluding carboxylic acids is 1. The van der Waals surface area contributed by atoms with Crippen LogP contribution in [0.4, 0.5) is 5.82 Å². The lowest BCUT2D eigenvalue weighted by Gasteiger charge is -2.37. The number of hydrogen-bond acceptors (Lipinski definition) is 13. The first-order valence-electron chi connectivity index (χ1n) is 20.7. The monoisotopic (exact) mass is 898 g/mol. The Morgan fingerprint density at radius 2 is 1.49 bits per heavy atom. The van der Waals surface area contributed by atoms with Crippen LogP contribution in [-0.2, 0) is 24.6 Å². The molecule has 3 heterocycles. The first-order chi connectivity index (χ1) is 29.3. The number of ether oxygens (including phenoxy) is 5. The Kier molecular flexibility index (Phi) is 21.0. The average molecular weight is 899 g/mol. The molecular weight excluding hydrogens is 836 g/mol. The summed E-state index contributed by atoms with van der Waals surface area (Å²) in [4.78, 5) is 45.7. The number of rotatable bonds is 16. The van der Waals surface area contributed by atoms with Crippen LogP contribution in [-0.4, -0.2) is 93.1 Å². The van der Waals surface area contributed by atoms with Gasteiger partial charge in [-0.2, -0.15) is 4.98 Å². The predicted octanol–water partition coefficient (Wildman–Crippen LogP) is 8.79. The Labute approximate surface area is 370 Å². The molecule has 3 aromatic carbocycles. The molecule has 2 saturated heterocycles. The molecule has 0 aliphatic carbocycles. The number of hydrogen-bond donors (Lipinski definition) is 3. The summed E-state index contributed by atoms with van der Waals surface area (Å²) in [5.41, 5.74) is 1.37.